The summed E-state index contributed by atoms with van der Waals surface area (Å²) in [5.41, 5.74) is 9.41. The van der Waals surface area contributed by atoms with Gasteiger partial charge in [0.05, 0.1) is 28.7 Å². The molecule has 1 aliphatic rings. The van der Waals surface area contributed by atoms with Crippen LogP contribution >= 0.6 is 11.3 Å². The third-order valence-electron chi connectivity index (χ3n) is 5.17. The molecule has 0 saturated carbocycles. The molecule has 29 heavy (non-hydrogen) atoms. The molecular formula is C20H28N6O2S. The summed E-state index contributed by atoms with van der Waals surface area (Å²) in [4.78, 5) is 41.0. The number of amides is 2. The zero-order chi connectivity index (χ0) is 21.2. The van der Waals surface area contributed by atoms with Crippen molar-refractivity contribution >= 4 is 23.2 Å². The van der Waals surface area contributed by atoms with Crippen molar-refractivity contribution in [1.29, 1.82) is 0 Å². The first kappa shape index (κ1) is 21.3. The first-order chi connectivity index (χ1) is 13.7. The molecule has 2 amide bonds. The smallest absolute Gasteiger partial charge is 0.243 e. The highest BCUT2D eigenvalue weighted by molar-refractivity contribution is 7.13. The van der Waals surface area contributed by atoms with E-state index in [1.54, 1.807) is 34.1 Å². The lowest BCUT2D eigenvalue weighted by Crippen LogP contribution is -2.54. The summed E-state index contributed by atoms with van der Waals surface area (Å²) in [5.74, 6) is 0.158. The van der Waals surface area contributed by atoms with Crippen LogP contribution in [0.3, 0.4) is 0 Å². The van der Waals surface area contributed by atoms with E-state index in [9.17, 15) is 9.59 Å². The minimum absolute atomic E-state index is 0.171. The lowest BCUT2D eigenvalue weighted by molar-refractivity contribution is -0.141. The van der Waals surface area contributed by atoms with Crippen molar-refractivity contribution < 1.29 is 9.59 Å². The zero-order valence-corrected chi connectivity index (χ0v) is 18.1. The van der Waals surface area contributed by atoms with Crippen LogP contribution in [0, 0.1) is 12.3 Å². The minimum Gasteiger partial charge on any atom is -0.347 e. The van der Waals surface area contributed by atoms with Crippen molar-refractivity contribution in [2.45, 2.75) is 59.2 Å². The maximum Gasteiger partial charge on any atom is 0.243 e. The third-order valence-corrected chi connectivity index (χ3v) is 6.15. The number of carbonyl (C=O) groups is 2. The Morgan fingerprint density at radius 3 is 2.59 bits per heavy atom. The van der Waals surface area contributed by atoms with Crippen molar-refractivity contribution in [2.75, 3.05) is 6.54 Å². The fourth-order valence-corrected chi connectivity index (χ4v) is 4.06. The van der Waals surface area contributed by atoms with Gasteiger partial charge in [-0.3, -0.25) is 9.59 Å². The maximum absolute atomic E-state index is 12.8. The molecular weight excluding hydrogens is 388 g/mol. The number of hydrogen-bond acceptors (Lipinski definition) is 7. The van der Waals surface area contributed by atoms with E-state index in [0.29, 0.717) is 18.8 Å². The van der Waals surface area contributed by atoms with E-state index in [1.165, 1.54) is 0 Å². The number of nitrogens with one attached hydrogen (secondary N) is 1. The van der Waals surface area contributed by atoms with Gasteiger partial charge in [0, 0.05) is 24.5 Å². The Bertz CT molecular complexity index is 874. The standard InChI is InChI=1S/C20H28N6O2S/c1-12-16(29-11-25-12)13-8-22-15(23-9-13)10-24-18(27)14-6-5-7-26(14)19(28)17(21)20(2,3)4/h8-9,11,14,17H,5-7,10,21H2,1-4H3,(H,24,27)/t14-,17+/m0/s1. The van der Waals surface area contributed by atoms with Gasteiger partial charge in [-0.2, -0.15) is 0 Å². The van der Waals surface area contributed by atoms with Gasteiger partial charge < -0.3 is 16.0 Å². The Balaban J connectivity index is 1.60. The average molecular weight is 417 g/mol. The normalized spacial score (nSPS) is 18.0. The molecule has 2 aromatic rings. The number of aryl methyl sites for hydroxylation is 1. The highest BCUT2D eigenvalue weighted by atomic mass is 32.1. The fourth-order valence-electron chi connectivity index (χ4n) is 3.28. The molecule has 0 unspecified atom stereocenters. The van der Waals surface area contributed by atoms with E-state index < -0.39 is 12.1 Å². The van der Waals surface area contributed by atoms with Crippen LogP contribution in [0.5, 0.6) is 0 Å². The van der Waals surface area contributed by atoms with Crippen molar-refractivity contribution in [2.24, 2.45) is 11.1 Å². The second-order valence-corrected chi connectivity index (χ2v) is 9.26. The number of carbonyl (C=O) groups excluding carboxylic acids is 2. The number of aromatic nitrogens is 3. The van der Waals surface area contributed by atoms with Gasteiger partial charge in [-0.1, -0.05) is 20.8 Å². The van der Waals surface area contributed by atoms with Crippen molar-refractivity contribution in [3.8, 4) is 10.4 Å². The quantitative estimate of drug-likeness (QED) is 0.769. The number of nitrogens with zero attached hydrogens (tertiary/aromatic N) is 4. The van der Waals surface area contributed by atoms with E-state index in [1.807, 2.05) is 27.7 Å². The second-order valence-electron chi connectivity index (χ2n) is 8.41. The van der Waals surface area contributed by atoms with Crippen LogP contribution in [0.1, 0.15) is 45.1 Å². The van der Waals surface area contributed by atoms with Crippen molar-refractivity contribution in [3.63, 3.8) is 0 Å². The molecule has 2 aromatic heterocycles. The minimum atomic E-state index is -0.637. The summed E-state index contributed by atoms with van der Waals surface area (Å²) in [6, 6.07) is -1.13. The number of thiazole rings is 1. The Morgan fingerprint density at radius 1 is 1.31 bits per heavy atom. The predicted molar refractivity (Wildman–Crippen MR) is 112 cm³/mol. The van der Waals surface area contributed by atoms with Gasteiger partial charge in [0.1, 0.15) is 11.9 Å². The Labute approximate surface area is 174 Å². The van der Waals surface area contributed by atoms with Gasteiger partial charge in [0.2, 0.25) is 11.8 Å². The van der Waals surface area contributed by atoms with Gasteiger partial charge >= 0.3 is 0 Å². The lowest BCUT2D eigenvalue weighted by atomic mass is 9.86. The summed E-state index contributed by atoms with van der Waals surface area (Å²) in [7, 11) is 0. The van der Waals surface area contributed by atoms with Crippen molar-refractivity contribution in [3.05, 3.63) is 29.4 Å². The molecule has 3 N–H and O–H groups in total. The second kappa shape index (κ2) is 8.54. The van der Waals surface area contributed by atoms with E-state index >= 15 is 0 Å². The summed E-state index contributed by atoms with van der Waals surface area (Å²) in [6.07, 6.45) is 4.91. The van der Waals surface area contributed by atoms with E-state index in [0.717, 1.165) is 22.6 Å². The fraction of sp³-hybridized carbons (Fsp3) is 0.550. The molecule has 0 radical (unpaired) electrons. The van der Waals surface area contributed by atoms with Crippen molar-refractivity contribution in [1.82, 2.24) is 25.2 Å². The van der Waals surface area contributed by atoms with Crippen LogP contribution < -0.4 is 11.1 Å². The molecule has 0 aliphatic carbocycles. The molecule has 0 bridgehead atoms. The monoisotopic (exact) mass is 416 g/mol. The van der Waals surface area contributed by atoms with Crippen LogP contribution in [-0.4, -0.2) is 50.3 Å². The third kappa shape index (κ3) is 4.79. The molecule has 0 spiro atoms. The van der Waals surface area contributed by atoms with Gasteiger partial charge in [0.15, 0.2) is 0 Å². The summed E-state index contributed by atoms with van der Waals surface area (Å²) >= 11 is 1.54. The number of hydrogen-bond donors (Lipinski definition) is 2. The molecule has 9 heteroatoms. The molecule has 1 aliphatic heterocycles. The van der Waals surface area contributed by atoms with E-state index in [2.05, 4.69) is 20.3 Å². The molecule has 3 rings (SSSR count). The predicted octanol–water partition coefficient (Wildman–Crippen LogP) is 1.89. The van der Waals surface area contributed by atoms with Crippen LogP contribution in [0.25, 0.3) is 10.4 Å². The first-order valence-corrected chi connectivity index (χ1v) is 10.6. The Hall–Kier alpha value is -2.39. The SMILES string of the molecule is Cc1ncsc1-c1cnc(CNC(=O)[C@@H]2CCCN2C(=O)[C@@H](N)C(C)(C)C)nc1. The number of likely N-dealkylation sites (tertiary alicyclic amines) is 1. The highest BCUT2D eigenvalue weighted by Gasteiger charge is 2.39. The molecule has 156 valence electrons. The molecule has 8 nitrogen and oxygen atoms in total. The maximum atomic E-state index is 12.8. The Morgan fingerprint density at radius 2 is 2.00 bits per heavy atom. The molecule has 1 fully saturated rings. The van der Waals surface area contributed by atoms with Gasteiger partial charge in [0.25, 0.3) is 0 Å². The van der Waals surface area contributed by atoms with Crippen LogP contribution in [0.4, 0.5) is 0 Å². The summed E-state index contributed by atoms with van der Waals surface area (Å²) in [6.45, 7) is 8.49. The number of nitrogens with two attached hydrogens (primary N) is 1. The van der Waals surface area contributed by atoms with E-state index in [-0.39, 0.29) is 23.8 Å². The highest BCUT2D eigenvalue weighted by Crippen LogP contribution is 2.26. The number of rotatable bonds is 5. The molecule has 1 saturated heterocycles. The van der Waals surface area contributed by atoms with E-state index in [4.69, 9.17) is 5.73 Å². The van der Waals surface area contributed by atoms with Crippen LogP contribution in [0.2, 0.25) is 0 Å². The Kier molecular flexibility index (Phi) is 6.28. The van der Waals surface area contributed by atoms with Gasteiger partial charge in [-0.15, -0.1) is 11.3 Å². The molecule has 0 aromatic carbocycles. The average Bonchev–Trinajstić information content (AvgIpc) is 3.33. The molecule has 2 atom stereocenters. The van der Waals surface area contributed by atoms with Gasteiger partial charge in [-0.25, -0.2) is 15.0 Å². The van der Waals surface area contributed by atoms with Crippen LogP contribution in [0.15, 0.2) is 17.9 Å². The largest absolute Gasteiger partial charge is 0.347 e. The van der Waals surface area contributed by atoms with Crippen LogP contribution in [-0.2, 0) is 16.1 Å². The summed E-state index contributed by atoms with van der Waals surface area (Å²) < 4.78 is 0. The topological polar surface area (TPSA) is 114 Å². The summed E-state index contributed by atoms with van der Waals surface area (Å²) in [5, 5.41) is 2.86. The first-order valence-electron chi connectivity index (χ1n) is 9.73. The molecule has 3 heterocycles. The zero-order valence-electron chi connectivity index (χ0n) is 17.3. The van der Waals surface area contributed by atoms with Gasteiger partial charge in [-0.05, 0) is 25.2 Å². The lowest BCUT2D eigenvalue weighted by Gasteiger charge is -2.32.